The molecule has 0 fully saturated rings. The normalized spacial score (nSPS) is 11.4. The molecule has 1 rings (SSSR count). The third kappa shape index (κ3) is 7.28. The van der Waals surface area contributed by atoms with Crippen molar-refractivity contribution in [3.8, 4) is 0 Å². The molecule has 118 valence electrons. The first-order valence-corrected chi connectivity index (χ1v) is 7.92. The number of nitrogens with one attached hydrogen (secondary N) is 1. The second-order valence-corrected chi connectivity index (χ2v) is 6.51. The lowest BCUT2D eigenvalue weighted by molar-refractivity contribution is -0.120. The fourth-order valence-corrected chi connectivity index (χ4v) is 2.18. The lowest BCUT2D eigenvalue weighted by Gasteiger charge is -2.23. The molecule has 0 radical (unpaired) electrons. The number of carbonyl (C=O) groups is 1. The summed E-state index contributed by atoms with van der Waals surface area (Å²) in [6.07, 6.45) is 4.63. The largest absolute Gasteiger partial charge is 0.396 e. The number of hydrogen-bond donors (Lipinski definition) is 2. The van der Waals surface area contributed by atoms with Crippen LogP contribution in [0.4, 0.5) is 0 Å². The first-order chi connectivity index (χ1) is 9.96. The van der Waals surface area contributed by atoms with Crippen molar-refractivity contribution in [2.45, 2.75) is 52.9 Å². The van der Waals surface area contributed by atoms with Gasteiger partial charge in [0, 0.05) is 13.2 Å². The molecule has 0 aromatic heterocycles. The summed E-state index contributed by atoms with van der Waals surface area (Å²) >= 11 is 0. The third-order valence-corrected chi connectivity index (χ3v) is 3.76. The summed E-state index contributed by atoms with van der Waals surface area (Å²) in [5.74, 6) is 0.0438. The van der Waals surface area contributed by atoms with Gasteiger partial charge in [0.05, 0.1) is 6.42 Å². The Hall–Kier alpha value is -1.35. The van der Waals surface area contributed by atoms with Gasteiger partial charge in [0.15, 0.2) is 0 Å². The average Bonchev–Trinajstić information content (AvgIpc) is 2.44. The van der Waals surface area contributed by atoms with Crippen molar-refractivity contribution < 1.29 is 9.90 Å². The Kier molecular flexibility index (Phi) is 7.44. The van der Waals surface area contributed by atoms with Gasteiger partial charge in [-0.15, -0.1) is 0 Å². The molecule has 3 heteroatoms. The monoisotopic (exact) mass is 291 g/mol. The van der Waals surface area contributed by atoms with E-state index in [4.69, 9.17) is 5.11 Å². The Labute approximate surface area is 128 Å². The number of aliphatic hydroxyl groups is 1. The van der Waals surface area contributed by atoms with Gasteiger partial charge in [-0.3, -0.25) is 4.79 Å². The first kappa shape index (κ1) is 17.7. The Balaban J connectivity index is 2.40. The first-order valence-electron chi connectivity index (χ1n) is 7.92. The van der Waals surface area contributed by atoms with Crippen LogP contribution >= 0.6 is 0 Å². The average molecular weight is 291 g/mol. The zero-order chi connectivity index (χ0) is 15.7. The van der Waals surface area contributed by atoms with E-state index in [-0.39, 0.29) is 17.9 Å². The molecular weight excluding hydrogens is 262 g/mol. The van der Waals surface area contributed by atoms with Gasteiger partial charge in [-0.2, -0.15) is 0 Å². The fraction of sp³-hybridized carbons (Fsp3) is 0.611. The number of aliphatic hydroxyl groups excluding tert-OH is 1. The van der Waals surface area contributed by atoms with E-state index in [1.54, 1.807) is 0 Å². The lowest BCUT2D eigenvalue weighted by atomic mass is 9.89. The number of aryl methyl sites for hydroxylation is 1. The molecule has 0 heterocycles. The van der Waals surface area contributed by atoms with Crippen LogP contribution in [-0.2, 0) is 17.6 Å². The van der Waals surface area contributed by atoms with Crippen LogP contribution in [0.3, 0.4) is 0 Å². The van der Waals surface area contributed by atoms with Crippen molar-refractivity contribution in [1.29, 1.82) is 0 Å². The van der Waals surface area contributed by atoms with Gasteiger partial charge in [-0.1, -0.05) is 51.5 Å². The molecule has 1 aromatic carbocycles. The van der Waals surface area contributed by atoms with Gasteiger partial charge in [0.25, 0.3) is 0 Å². The van der Waals surface area contributed by atoms with Crippen LogP contribution in [0.15, 0.2) is 24.3 Å². The smallest absolute Gasteiger partial charge is 0.224 e. The molecule has 21 heavy (non-hydrogen) atoms. The van der Waals surface area contributed by atoms with E-state index in [0.717, 1.165) is 12.0 Å². The second kappa shape index (κ2) is 8.83. The molecular formula is C18H29NO2. The standard InChI is InChI=1S/C18H29NO2/c1-4-5-6-15-7-9-16(10-8-15)13-17(21)19-14-18(2,3)11-12-20/h7-10,20H,4-6,11-14H2,1-3H3,(H,19,21). The van der Waals surface area contributed by atoms with Crippen molar-refractivity contribution in [2.24, 2.45) is 5.41 Å². The summed E-state index contributed by atoms with van der Waals surface area (Å²) in [6, 6.07) is 8.33. The van der Waals surface area contributed by atoms with E-state index < -0.39 is 0 Å². The summed E-state index contributed by atoms with van der Waals surface area (Å²) < 4.78 is 0. The number of rotatable bonds is 9. The van der Waals surface area contributed by atoms with Crippen LogP contribution in [0.2, 0.25) is 0 Å². The van der Waals surface area contributed by atoms with Crippen LogP contribution in [-0.4, -0.2) is 24.2 Å². The molecule has 3 nitrogen and oxygen atoms in total. The summed E-state index contributed by atoms with van der Waals surface area (Å²) in [5, 5.41) is 11.9. The second-order valence-electron chi connectivity index (χ2n) is 6.51. The number of carbonyl (C=O) groups excluding carboxylic acids is 1. The van der Waals surface area contributed by atoms with Crippen LogP contribution in [0.5, 0.6) is 0 Å². The van der Waals surface area contributed by atoms with Crippen molar-refractivity contribution in [1.82, 2.24) is 5.32 Å². The number of hydrogen-bond acceptors (Lipinski definition) is 2. The Morgan fingerprint density at radius 2 is 1.81 bits per heavy atom. The maximum Gasteiger partial charge on any atom is 0.224 e. The maximum atomic E-state index is 11.9. The molecule has 0 aliphatic heterocycles. The lowest BCUT2D eigenvalue weighted by Crippen LogP contribution is -2.35. The quantitative estimate of drug-likeness (QED) is 0.734. The molecule has 0 unspecified atom stereocenters. The molecule has 0 aliphatic rings. The van der Waals surface area contributed by atoms with Gasteiger partial charge >= 0.3 is 0 Å². The summed E-state index contributed by atoms with van der Waals surface area (Å²) in [7, 11) is 0. The fourth-order valence-electron chi connectivity index (χ4n) is 2.18. The molecule has 1 amide bonds. The highest BCUT2D eigenvalue weighted by Gasteiger charge is 2.18. The van der Waals surface area contributed by atoms with Crippen LogP contribution in [0.1, 0.15) is 51.2 Å². The Morgan fingerprint density at radius 1 is 1.19 bits per heavy atom. The zero-order valence-corrected chi connectivity index (χ0v) is 13.6. The molecule has 0 saturated carbocycles. The van der Waals surface area contributed by atoms with Crippen molar-refractivity contribution >= 4 is 5.91 Å². The highest BCUT2D eigenvalue weighted by atomic mass is 16.3. The Morgan fingerprint density at radius 3 is 2.38 bits per heavy atom. The minimum Gasteiger partial charge on any atom is -0.396 e. The van der Waals surface area contributed by atoms with Gasteiger partial charge in [0.2, 0.25) is 5.91 Å². The molecule has 2 N–H and O–H groups in total. The summed E-state index contributed by atoms with van der Waals surface area (Å²) in [6.45, 7) is 7.04. The topological polar surface area (TPSA) is 49.3 Å². The minimum absolute atomic E-state index is 0.0438. The predicted octanol–water partition coefficient (Wildman–Crippen LogP) is 3.10. The van der Waals surface area contributed by atoms with Gasteiger partial charge in [-0.05, 0) is 35.8 Å². The van der Waals surface area contributed by atoms with E-state index in [1.165, 1.54) is 18.4 Å². The highest BCUT2D eigenvalue weighted by molar-refractivity contribution is 5.78. The van der Waals surface area contributed by atoms with Crippen LogP contribution < -0.4 is 5.32 Å². The molecule has 0 saturated heterocycles. The summed E-state index contributed by atoms with van der Waals surface area (Å²) in [4.78, 5) is 11.9. The van der Waals surface area contributed by atoms with E-state index in [0.29, 0.717) is 19.4 Å². The van der Waals surface area contributed by atoms with E-state index >= 15 is 0 Å². The van der Waals surface area contributed by atoms with Crippen LogP contribution in [0.25, 0.3) is 0 Å². The number of amides is 1. The van der Waals surface area contributed by atoms with Crippen molar-refractivity contribution in [2.75, 3.05) is 13.2 Å². The predicted molar refractivity (Wildman–Crippen MR) is 87.3 cm³/mol. The molecule has 0 spiro atoms. The van der Waals surface area contributed by atoms with Crippen molar-refractivity contribution in [3.05, 3.63) is 35.4 Å². The molecule has 0 aliphatic carbocycles. The highest BCUT2D eigenvalue weighted by Crippen LogP contribution is 2.18. The van der Waals surface area contributed by atoms with Crippen molar-refractivity contribution in [3.63, 3.8) is 0 Å². The maximum absolute atomic E-state index is 11.9. The van der Waals surface area contributed by atoms with Gasteiger partial charge < -0.3 is 10.4 Å². The van der Waals surface area contributed by atoms with E-state index in [9.17, 15) is 4.79 Å². The summed E-state index contributed by atoms with van der Waals surface area (Å²) in [5.41, 5.74) is 2.33. The molecule has 1 aromatic rings. The van der Waals surface area contributed by atoms with E-state index in [2.05, 4.69) is 24.4 Å². The molecule has 0 atom stereocenters. The number of unbranched alkanes of at least 4 members (excludes halogenated alkanes) is 1. The zero-order valence-electron chi connectivity index (χ0n) is 13.6. The Bertz CT molecular complexity index is 423. The molecule has 0 bridgehead atoms. The minimum atomic E-state index is -0.0611. The van der Waals surface area contributed by atoms with Gasteiger partial charge in [0.1, 0.15) is 0 Å². The third-order valence-electron chi connectivity index (χ3n) is 3.76. The van der Waals surface area contributed by atoms with Crippen LogP contribution in [0, 0.1) is 5.41 Å². The SMILES string of the molecule is CCCCc1ccc(CC(=O)NCC(C)(C)CCO)cc1. The number of benzene rings is 1. The van der Waals surface area contributed by atoms with Gasteiger partial charge in [-0.25, -0.2) is 0 Å². The van der Waals surface area contributed by atoms with E-state index in [1.807, 2.05) is 26.0 Å².